The zero-order valence-corrected chi connectivity index (χ0v) is 8.26. The maximum Gasteiger partial charge on any atom is 0.0499 e. The highest BCUT2D eigenvalue weighted by Crippen LogP contribution is 2.36. The van der Waals surface area contributed by atoms with Crippen molar-refractivity contribution in [1.82, 2.24) is 5.32 Å². The Morgan fingerprint density at radius 3 is 2.38 bits per heavy atom. The molecular weight excluding hydrogens is 166 g/mol. The van der Waals surface area contributed by atoms with Crippen LogP contribution in [-0.2, 0) is 0 Å². The molecule has 0 heterocycles. The van der Waals surface area contributed by atoms with E-state index in [1.165, 1.54) is 12.8 Å². The van der Waals surface area contributed by atoms with Crippen molar-refractivity contribution in [2.75, 3.05) is 26.3 Å². The predicted octanol–water partition coefficient (Wildman–Crippen LogP) is 0.511. The lowest BCUT2D eigenvalue weighted by Gasteiger charge is -2.26. The molecule has 0 aliphatic heterocycles. The second-order valence-electron chi connectivity index (χ2n) is 4.12. The van der Waals surface area contributed by atoms with Gasteiger partial charge < -0.3 is 15.5 Å². The van der Waals surface area contributed by atoms with Crippen LogP contribution >= 0.6 is 0 Å². The van der Waals surface area contributed by atoms with Gasteiger partial charge in [0.25, 0.3) is 0 Å². The van der Waals surface area contributed by atoms with Crippen molar-refractivity contribution in [3.63, 3.8) is 0 Å². The first-order valence-electron chi connectivity index (χ1n) is 5.25. The molecule has 0 atom stereocenters. The Balaban J connectivity index is 2.16. The third-order valence-electron chi connectivity index (χ3n) is 3.01. The van der Waals surface area contributed by atoms with Gasteiger partial charge in [-0.1, -0.05) is 12.8 Å². The van der Waals surface area contributed by atoms with E-state index in [9.17, 15) is 5.11 Å². The summed E-state index contributed by atoms with van der Waals surface area (Å²) in [5, 5.41) is 21.2. The second kappa shape index (κ2) is 5.58. The average molecular weight is 187 g/mol. The van der Waals surface area contributed by atoms with Crippen molar-refractivity contribution in [2.45, 2.75) is 32.1 Å². The summed E-state index contributed by atoms with van der Waals surface area (Å²) in [4.78, 5) is 0. The lowest BCUT2D eigenvalue weighted by molar-refractivity contribution is 0.128. The van der Waals surface area contributed by atoms with E-state index in [4.69, 9.17) is 5.11 Å². The van der Waals surface area contributed by atoms with Gasteiger partial charge in [0.1, 0.15) is 0 Å². The maximum atomic E-state index is 9.28. The molecule has 0 radical (unpaired) electrons. The lowest BCUT2D eigenvalue weighted by atomic mass is 9.87. The molecule has 0 unspecified atom stereocenters. The molecule has 3 heteroatoms. The van der Waals surface area contributed by atoms with Crippen LogP contribution in [-0.4, -0.2) is 36.5 Å². The highest BCUT2D eigenvalue weighted by Gasteiger charge is 2.32. The van der Waals surface area contributed by atoms with Gasteiger partial charge >= 0.3 is 0 Å². The van der Waals surface area contributed by atoms with E-state index in [-0.39, 0.29) is 12.0 Å². The molecule has 1 fully saturated rings. The van der Waals surface area contributed by atoms with Crippen LogP contribution in [0.25, 0.3) is 0 Å². The molecule has 3 N–H and O–H groups in total. The number of aliphatic hydroxyl groups excluding tert-OH is 2. The van der Waals surface area contributed by atoms with Gasteiger partial charge in [0.15, 0.2) is 0 Å². The fourth-order valence-corrected chi connectivity index (χ4v) is 2.07. The largest absolute Gasteiger partial charge is 0.396 e. The maximum absolute atomic E-state index is 9.28. The molecule has 0 aromatic carbocycles. The van der Waals surface area contributed by atoms with E-state index in [0.717, 1.165) is 32.4 Å². The Hall–Kier alpha value is -0.120. The van der Waals surface area contributed by atoms with Crippen molar-refractivity contribution in [2.24, 2.45) is 5.41 Å². The number of rotatable bonds is 6. The Morgan fingerprint density at radius 1 is 1.15 bits per heavy atom. The lowest BCUT2D eigenvalue weighted by Crippen LogP contribution is -2.35. The van der Waals surface area contributed by atoms with Gasteiger partial charge in [-0.25, -0.2) is 0 Å². The highest BCUT2D eigenvalue weighted by molar-refractivity contribution is 4.85. The molecule has 0 bridgehead atoms. The van der Waals surface area contributed by atoms with Gasteiger partial charge in [-0.15, -0.1) is 0 Å². The smallest absolute Gasteiger partial charge is 0.0499 e. The molecule has 78 valence electrons. The molecule has 0 aromatic heterocycles. The van der Waals surface area contributed by atoms with Gasteiger partial charge in [-0.05, 0) is 25.8 Å². The van der Waals surface area contributed by atoms with Crippen LogP contribution in [0.4, 0.5) is 0 Å². The van der Waals surface area contributed by atoms with Gasteiger partial charge in [0, 0.05) is 25.2 Å². The summed E-state index contributed by atoms with van der Waals surface area (Å²) in [6, 6.07) is 0. The standard InChI is InChI=1S/C10H21NO2/c12-7-3-6-11-8-10(9-13)4-1-2-5-10/h11-13H,1-9H2. The van der Waals surface area contributed by atoms with E-state index in [1.54, 1.807) is 0 Å². The summed E-state index contributed by atoms with van der Waals surface area (Å²) < 4.78 is 0. The molecule has 0 spiro atoms. The fourth-order valence-electron chi connectivity index (χ4n) is 2.07. The van der Waals surface area contributed by atoms with Crippen LogP contribution in [0.5, 0.6) is 0 Å². The molecule has 1 aliphatic rings. The SMILES string of the molecule is OCCCNCC1(CO)CCCC1. The van der Waals surface area contributed by atoms with E-state index in [0.29, 0.717) is 6.61 Å². The zero-order valence-electron chi connectivity index (χ0n) is 8.26. The molecule has 1 saturated carbocycles. The van der Waals surface area contributed by atoms with Crippen LogP contribution in [0.15, 0.2) is 0 Å². The Morgan fingerprint density at radius 2 is 1.85 bits per heavy atom. The summed E-state index contributed by atoms with van der Waals surface area (Å²) in [6.45, 7) is 2.32. The normalized spacial score (nSPS) is 20.8. The first-order valence-corrected chi connectivity index (χ1v) is 5.25. The second-order valence-corrected chi connectivity index (χ2v) is 4.12. The van der Waals surface area contributed by atoms with Gasteiger partial charge in [0.05, 0.1) is 0 Å². The third kappa shape index (κ3) is 3.25. The summed E-state index contributed by atoms with van der Waals surface area (Å²) >= 11 is 0. The fraction of sp³-hybridized carbons (Fsp3) is 1.00. The first-order chi connectivity index (χ1) is 6.33. The highest BCUT2D eigenvalue weighted by atomic mass is 16.3. The van der Waals surface area contributed by atoms with E-state index in [1.807, 2.05) is 0 Å². The molecule has 13 heavy (non-hydrogen) atoms. The Labute approximate surface area is 80.2 Å². The monoisotopic (exact) mass is 187 g/mol. The molecule has 0 saturated heterocycles. The first kappa shape index (κ1) is 11.0. The van der Waals surface area contributed by atoms with Crippen LogP contribution in [0, 0.1) is 5.41 Å². The number of hydrogen-bond donors (Lipinski definition) is 3. The van der Waals surface area contributed by atoms with Crippen LogP contribution in [0.3, 0.4) is 0 Å². The molecule has 0 amide bonds. The number of nitrogens with one attached hydrogen (secondary N) is 1. The summed E-state index contributed by atoms with van der Waals surface area (Å²) in [5.41, 5.74) is 0.148. The van der Waals surface area contributed by atoms with Crippen molar-refractivity contribution < 1.29 is 10.2 Å². The van der Waals surface area contributed by atoms with Gasteiger partial charge in [-0.2, -0.15) is 0 Å². The summed E-state index contributed by atoms with van der Waals surface area (Å²) in [5.74, 6) is 0. The van der Waals surface area contributed by atoms with E-state index in [2.05, 4.69) is 5.32 Å². The van der Waals surface area contributed by atoms with Crippen LogP contribution in [0.1, 0.15) is 32.1 Å². The topological polar surface area (TPSA) is 52.5 Å². The minimum Gasteiger partial charge on any atom is -0.396 e. The molecule has 0 aromatic rings. The minimum absolute atomic E-state index is 0.148. The minimum atomic E-state index is 0.148. The van der Waals surface area contributed by atoms with Gasteiger partial charge in [-0.3, -0.25) is 0 Å². The van der Waals surface area contributed by atoms with Crippen LogP contribution in [0.2, 0.25) is 0 Å². The Bertz CT molecular complexity index is 133. The number of aliphatic hydroxyl groups is 2. The van der Waals surface area contributed by atoms with Crippen molar-refractivity contribution in [3.05, 3.63) is 0 Å². The summed E-state index contributed by atoms with van der Waals surface area (Å²) in [6.07, 6.45) is 5.61. The third-order valence-corrected chi connectivity index (χ3v) is 3.01. The molecular formula is C10H21NO2. The van der Waals surface area contributed by atoms with E-state index >= 15 is 0 Å². The molecule has 1 aliphatic carbocycles. The molecule has 1 rings (SSSR count). The van der Waals surface area contributed by atoms with Crippen molar-refractivity contribution in [3.8, 4) is 0 Å². The quantitative estimate of drug-likeness (QED) is 0.531. The average Bonchev–Trinajstić information content (AvgIpc) is 2.62. The zero-order chi connectivity index (χ0) is 9.57. The van der Waals surface area contributed by atoms with Crippen molar-refractivity contribution >= 4 is 0 Å². The van der Waals surface area contributed by atoms with E-state index < -0.39 is 0 Å². The van der Waals surface area contributed by atoms with Crippen molar-refractivity contribution in [1.29, 1.82) is 0 Å². The molecule has 3 nitrogen and oxygen atoms in total. The van der Waals surface area contributed by atoms with Crippen LogP contribution < -0.4 is 5.32 Å². The Kier molecular flexibility index (Phi) is 4.70. The summed E-state index contributed by atoms with van der Waals surface area (Å²) in [7, 11) is 0. The van der Waals surface area contributed by atoms with Gasteiger partial charge in [0.2, 0.25) is 0 Å². The number of hydrogen-bond acceptors (Lipinski definition) is 3. The predicted molar refractivity (Wildman–Crippen MR) is 52.6 cm³/mol.